The normalized spacial score (nSPS) is 53.6. The van der Waals surface area contributed by atoms with E-state index in [4.69, 9.17) is 0 Å². The third-order valence-electron chi connectivity index (χ3n) is 5.96. The van der Waals surface area contributed by atoms with E-state index in [1.165, 1.54) is 38.5 Å². The first kappa shape index (κ1) is 11.3. The molecule has 0 saturated heterocycles. The molecule has 0 aromatic carbocycles. The van der Waals surface area contributed by atoms with Crippen molar-refractivity contribution in [3.63, 3.8) is 0 Å². The number of nitrogens with one attached hydrogen (secondary N) is 1. The Bertz CT molecular complexity index is 393. The van der Waals surface area contributed by atoms with Crippen molar-refractivity contribution in [2.75, 3.05) is 0 Å². The zero-order chi connectivity index (χ0) is 12.6. The minimum atomic E-state index is 0.169. The lowest BCUT2D eigenvalue weighted by molar-refractivity contribution is -0.140. The van der Waals surface area contributed by atoms with E-state index >= 15 is 0 Å². The zero-order valence-electron chi connectivity index (χ0n) is 11.7. The molecule has 4 atom stereocenters. The maximum Gasteiger partial charge on any atom is 0.223 e. The predicted octanol–water partition coefficient (Wildman–Crippen LogP) is 3.26. The molecule has 5 aliphatic rings. The molecule has 2 nitrogen and oxygen atoms in total. The highest BCUT2D eigenvalue weighted by Crippen LogP contribution is 2.66. The standard InChI is InChI=1S/C16H25NO/c1-14-5-11-6-15(2,8-14)10-16(7-11,9-14)17-13(18)12-3-4-12/h11-12H,3-10H2,1-2H3,(H,17,18)/t11?,14-,15+,16?. The first-order valence-electron chi connectivity index (χ1n) is 7.72. The number of rotatable bonds is 2. The molecule has 0 spiro atoms. The van der Waals surface area contributed by atoms with Gasteiger partial charge in [-0.1, -0.05) is 13.8 Å². The van der Waals surface area contributed by atoms with Gasteiger partial charge in [0.25, 0.3) is 0 Å². The van der Waals surface area contributed by atoms with Gasteiger partial charge in [0.05, 0.1) is 0 Å². The van der Waals surface area contributed by atoms with Gasteiger partial charge in [-0.25, -0.2) is 0 Å². The van der Waals surface area contributed by atoms with Gasteiger partial charge in [-0.3, -0.25) is 4.79 Å². The second-order valence-corrected chi connectivity index (χ2v) is 8.67. The van der Waals surface area contributed by atoms with Crippen LogP contribution in [0.25, 0.3) is 0 Å². The molecule has 0 aromatic rings. The quantitative estimate of drug-likeness (QED) is 0.797. The minimum absolute atomic E-state index is 0.169. The molecular formula is C16H25NO. The molecule has 2 heteroatoms. The third-order valence-corrected chi connectivity index (χ3v) is 5.96. The summed E-state index contributed by atoms with van der Waals surface area (Å²) in [5.41, 5.74) is 1.18. The van der Waals surface area contributed by atoms with Crippen molar-refractivity contribution in [2.24, 2.45) is 22.7 Å². The Morgan fingerprint density at radius 2 is 1.61 bits per heavy atom. The lowest BCUT2D eigenvalue weighted by Crippen LogP contribution is -2.65. The van der Waals surface area contributed by atoms with Crippen LogP contribution >= 0.6 is 0 Å². The summed E-state index contributed by atoms with van der Waals surface area (Å²) in [7, 11) is 0. The van der Waals surface area contributed by atoms with Gasteiger partial charge in [-0.2, -0.15) is 0 Å². The van der Waals surface area contributed by atoms with Crippen LogP contribution in [-0.2, 0) is 4.79 Å². The predicted molar refractivity (Wildman–Crippen MR) is 71.0 cm³/mol. The molecule has 5 fully saturated rings. The Hall–Kier alpha value is -0.530. The Balaban J connectivity index is 1.62. The summed E-state index contributed by atoms with van der Waals surface area (Å²) in [6, 6.07) is 0. The average Bonchev–Trinajstić information content (AvgIpc) is 2.91. The minimum Gasteiger partial charge on any atom is -0.350 e. The maximum atomic E-state index is 12.2. The van der Waals surface area contributed by atoms with Gasteiger partial charge in [0, 0.05) is 11.5 Å². The second-order valence-electron chi connectivity index (χ2n) is 8.67. The van der Waals surface area contributed by atoms with Gasteiger partial charge in [0.2, 0.25) is 5.91 Å². The van der Waals surface area contributed by atoms with Gasteiger partial charge in [0.1, 0.15) is 0 Å². The molecule has 0 aliphatic heterocycles. The summed E-state index contributed by atoms with van der Waals surface area (Å²) in [5, 5.41) is 3.50. The Kier molecular flexibility index (Phi) is 1.97. The zero-order valence-corrected chi connectivity index (χ0v) is 11.7. The Morgan fingerprint density at radius 3 is 2.11 bits per heavy atom. The van der Waals surface area contributed by atoms with Crippen LogP contribution < -0.4 is 5.32 Å². The third kappa shape index (κ3) is 1.64. The summed E-state index contributed by atoms with van der Waals surface area (Å²) < 4.78 is 0. The highest BCUT2D eigenvalue weighted by atomic mass is 16.2. The van der Waals surface area contributed by atoms with Crippen LogP contribution in [0.4, 0.5) is 0 Å². The fourth-order valence-corrected chi connectivity index (χ4v) is 6.30. The molecule has 1 N–H and O–H groups in total. The molecule has 18 heavy (non-hydrogen) atoms. The number of carbonyl (C=O) groups excluding carboxylic acids is 1. The molecule has 1 amide bonds. The van der Waals surface area contributed by atoms with Crippen LogP contribution in [0, 0.1) is 22.7 Å². The van der Waals surface area contributed by atoms with Crippen molar-refractivity contribution in [3.05, 3.63) is 0 Å². The van der Waals surface area contributed by atoms with E-state index in [1.54, 1.807) is 0 Å². The molecule has 5 saturated carbocycles. The molecule has 0 heterocycles. The summed E-state index contributed by atoms with van der Waals surface area (Å²) >= 11 is 0. The first-order valence-corrected chi connectivity index (χ1v) is 7.72. The van der Waals surface area contributed by atoms with Crippen molar-refractivity contribution in [2.45, 2.75) is 70.8 Å². The van der Waals surface area contributed by atoms with E-state index in [1.807, 2.05) is 0 Å². The number of hydrogen-bond acceptors (Lipinski definition) is 1. The van der Waals surface area contributed by atoms with Crippen LogP contribution in [0.15, 0.2) is 0 Å². The summed E-state index contributed by atoms with van der Waals surface area (Å²) in [5.74, 6) is 1.60. The van der Waals surface area contributed by atoms with E-state index in [2.05, 4.69) is 19.2 Å². The highest BCUT2D eigenvalue weighted by molar-refractivity contribution is 5.81. The molecule has 0 radical (unpaired) electrons. The van der Waals surface area contributed by atoms with Gasteiger partial charge in [-0.05, 0) is 68.1 Å². The lowest BCUT2D eigenvalue weighted by Gasteiger charge is -2.65. The molecule has 100 valence electrons. The van der Waals surface area contributed by atoms with E-state index in [0.29, 0.717) is 22.7 Å². The largest absolute Gasteiger partial charge is 0.350 e. The molecule has 4 bridgehead atoms. The van der Waals surface area contributed by atoms with E-state index in [0.717, 1.165) is 18.8 Å². The molecule has 2 unspecified atom stereocenters. The molecular weight excluding hydrogens is 222 g/mol. The first-order chi connectivity index (χ1) is 8.40. The van der Waals surface area contributed by atoms with Crippen LogP contribution in [0.2, 0.25) is 0 Å². The van der Waals surface area contributed by atoms with Crippen molar-refractivity contribution in [1.82, 2.24) is 5.32 Å². The maximum absolute atomic E-state index is 12.2. The van der Waals surface area contributed by atoms with Gasteiger partial charge >= 0.3 is 0 Å². The fourth-order valence-electron chi connectivity index (χ4n) is 6.30. The number of amides is 1. The monoisotopic (exact) mass is 247 g/mol. The van der Waals surface area contributed by atoms with E-state index in [9.17, 15) is 4.79 Å². The lowest BCUT2D eigenvalue weighted by atomic mass is 9.43. The topological polar surface area (TPSA) is 29.1 Å². The summed E-state index contributed by atoms with van der Waals surface area (Å²) in [6.07, 6.45) is 10.2. The Morgan fingerprint density at radius 1 is 1.00 bits per heavy atom. The smallest absolute Gasteiger partial charge is 0.223 e. The summed E-state index contributed by atoms with van der Waals surface area (Å²) in [4.78, 5) is 12.2. The van der Waals surface area contributed by atoms with Crippen LogP contribution in [0.1, 0.15) is 65.2 Å². The average molecular weight is 247 g/mol. The fraction of sp³-hybridized carbons (Fsp3) is 0.938. The van der Waals surface area contributed by atoms with Crippen LogP contribution in [0.5, 0.6) is 0 Å². The van der Waals surface area contributed by atoms with Gasteiger partial charge in [-0.15, -0.1) is 0 Å². The van der Waals surface area contributed by atoms with Gasteiger partial charge in [0.15, 0.2) is 0 Å². The number of hydrogen-bond donors (Lipinski definition) is 1. The molecule has 5 rings (SSSR count). The summed E-state index contributed by atoms with van der Waals surface area (Å²) in [6.45, 7) is 4.93. The van der Waals surface area contributed by atoms with Crippen LogP contribution in [-0.4, -0.2) is 11.4 Å². The highest BCUT2D eigenvalue weighted by Gasteiger charge is 2.60. The van der Waals surface area contributed by atoms with Crippen LogP contribution in [0.3, 0.4) is 0 Å². The SMILES string of the molecule is C[C@]12CC3CC(NC(=O)C4CC4)(C1)C[C@@](C)(C3)C2. The van der Waals surface area contributed by atoms with Gasteiger partial charge < -0.3 is 5.32 Å². The molecule has 0 aromatic heterocycles. The van der Waals surface area contributed by atoms with Crippen molar-refractivity contribution >= 4 is 5.91 Å². The second kappa shape index (κ2) is 3.13. The van der Waals surface area contributed by atoms with E-state index in [-0.39, 0.29) is 5.54 Å². The number of carbonyl (C=O) groups is 1. The van der Waals surface area contributed by atoms with Crippen molar-refractivity contribution in [1.29, 1.82) is 0 Å². The van der Waals surface area contributed by atoms with Crippen molar-refractivity contribution in [3.8, 4) is 0 Å². The Labute approximate surface area is 110 Å². The van der Waals surface area contributed by atoms with Crippen molar-refractivity contribution < 1.29 is 4.79 Å². The molecule has 5 aliphatic carbocycles. The van der Waals surface area contributed by atoms with E-state index < -0.39 is 0 Å².